The van der Waals surface area contributed by atoms with Crippen molar-refractivity contribution in [3.63, 3.8) is 0 Å². The van der Waals surface area contributed by atoms with Crippen LogP contribution in [-0.2, 0) is 5.41 Å². The smallest absolute Gasteiger partial charge is 0.166 e. The summed E-state index contributed by atoms with van der Waals surface area (Å²) in [5, 5.41) is 0. The minimum Gasteiger partial charge on any atom is -0.294 e. The van der Waals surface area contributed by atoms with Crippen molar-refractivity contribution < 1.29 is 4.79 Å². The van der Waals surface area contributed by atoms with Gasteiger partial charge in [-0.3, -0.25) is 4.79 Å². The van der Waals surface area contributed by atoms with Gasteiger partial charge in [0.05, 0.1) is 0 Å². The van der Waals surface area contributed by atoms with E-state index in [9.17, 15) is 4.79 Å². The minimum atomic E-state index is 0.158. The summed E-state index contributed by atoms with van der Waals surface area (Å²) in [7, 11) is 0. The number of hydrogen-bond acceptors (Lipinski definition) is 2. The van der Waals surface area contributed by atoms with Crippen LogP contribution in [0.4, 0.5) is 0 Å². The molecule has 1 saturated heterocycles. The molecule has 17 heavy (non-hydrogen) atoms. The Balaban J connectivity index is 2.15. The highest BCUT2D eigenvalue weighted by Gasteiger charge is 2.24. The van der Waals surface area contributed by atoms with Gasteiger partial charge in [-0.05, 0) is 23.2 Å². The fourth-order valence-electron chi connectivity index (χ4n) is 2.11. The molecule has 0 bridgehead atoms. The van der Waals surface area contributed by atoms with Gasteiger partial charge in [-0.15, -0.1) is 0 Å². The zero-order chi connectivity index (χ0) is 12.5. The highest BCUT2D eigenvalue weighted by molar-refractivity contribution is 7.99. The Hall–Kier alpha value is -0.760. The lowest BCUT2D eigenvalue weighted by Gasteiger charge is -2.19. The minimum absolute atomic E-state index is 0.158. The van der Waals surface area contributed by atoms with Crippen LogP contribution >= 0.6 is 11.8 Å². The average molecular weight is 248 g/mol. The SMILES string of the molecule is CC(C)(C)c1ccc(C(=O)C2CCSC2)cc1. The third kappa shape index (κ3) is 2.92. The predicted octanol–water partition coefficient (Wildman–Crippen LogP) is 3.92. The molecule has 1 unspecified atom stereocenters. The molecule has 1 aromatic rings. The van der Waals surface area contributed by atoms with Crippen LogP contribution in [0.25, 0.3) is 0 Å². The standard InChI is InChI=1S/C15H20OS/c1-15(2,3)13-6-4-11(5-7-13)14(16)12-8-9-17-10-12/h4-7,12H,8-10H2,1-3H3. The summed E-state index contributed by atoms with van der Waals surface area (Å²) in [5.41, 5.74) is 2.32. The molecule has 2 rings (SSSR count). The van der Waals surface area contributed by atoms with E-state index in [-0.39, 0.29) is 11.3 Å². The maximum Gasteiger partial charge on any atom is 0.166 e. The van der Waals surface area contributed by atoms with E-state index in [1.54, 1.807) is 0 Å². The molecule has 0 aliphatic carbocycles. The zero-order valence-electron chi connectivity index (χ0n) is 10.8. The van der Waals surface area contributed by atoms with Crippen LogP contribution in [0.3, 0.4) is 0 Å². The monoisotopic (exact) mass is 248 g/mol. The number of carbonyl (C=O) groups is 1. The first-order chi connectivity index (χ1) is 7.98. The average Bonchev–Trinajstić information content (AvgIpc) is 2.80. The molecule has 0 radical (unpaired) electrons. The molecule has 0 spiro atoms. The Morgan fingerprint density at radius 3 is 2.35 bits per heavy atom. The Morgan fingerprint density at radius 1 is 1.24 bits per heavy atom. The summed E-state index contributed by atoms with van der Waals surface area (Å²) < 4.78 is 0. The summed E-state index contributed by atoms with van der Waals surface area (Å²) in [6, 6.07) is 8.17. The first-order valence-corrected chi connectivity index (χ1v) is 7.36. The fourth-order valence-corrected chi connectivity index (χ4v) is 3.33. The molecule has 2 heteroatoms. The number of thioether (sulfide) groups is 1. The van der Waals surface area contributed by atoms with E-state index < -0.39 is 0 Å². The Kier molecular flexibility index (Phi) is 3.62. The van der Waals surface area contributed by atoms with Gasteiger partial charge in [-0.1, -0.05) is 45.0 Å². The van der Waals surface area contributed by atoms with Crippen LogP contribution in [-0.4, -0.2) is 17.3 Å². The van der Waals surface area contributed by atoms with Crippen molar-refractivity contribution >= 4 is 17.5 Å². The molecule has 1 aliphatic heterocycles. The second-order valence-corrected chi connectivity index (χ2v) is 6.90. The normalized spacial score (nSPS) is 20.5. The summed E-state index contributed by atoms with van der Waals surface area (Å²) in [5.74, 6) is 2.71. The van der Waals surface area contributed by atoms with Crippen molar-refractivity contribution in [3.8, 4) is 0 Å². The molecule has 0 N–H and O–H groups in total. The van der Waals surface area contributed by atoms with Gasteiger partial charge in [0.25, 0.3) is 0 Å². The number of ketones is 1. The van der Waals surface area contributed by atoms with Crippen molar-refractivity contribution in [2.75, 3.05) is 11.5 Å². The Morgan fingerprint density at radius 2 is 1.88 bits per heavy atom. The highest BCUT2D eigenvalue weighted by Crippen LogP contribution is 2.28. The van der Waals surface area contributed by atoms with Crippen LogP contribution in [0.15, 0.2) is 24.3 Å². The molecule has 92 valence electrons. The summed E-state index contributed by atoms with van der Waals surface area (Å²) in [6.45, 7) is 6.58. The zero-order valence-corrected chi connectivity index (χ0v) is 11.6. The lowest BCUT2D eigenvalue weighted by atomic mass is 9.86. The van der Waals surface area contributed by atoms with Gasteiger partial charge in [0.2, 0.25) is 0 Å². The second-order valence-electron chi connectivity index (χ2n) is 5.75. The van der Waals surface area contributed by atoms with Crippen molar-refractivity contribution in [1.82, 2.24) is 0 Å². The first kappa shape index (κ1) is 12.7. The van der Waals surface area contributed by atoms with Crippen LogP contribution in [0, 0.1) is 5.92 Å². The van der Waals surface area contributed by atoms with Gasteiger partial charge < -0.3 is 0 Å². The third-order valence-electron chi connectivity index (χ3n) is 3.34. The molecule has 1 aliphatic rings. The summed E-state index contributed by atoms with van der Waals surface area (Å²) in [6.07, 6.45) is 1.05. The van der Waals surface area contributed by atoms with Crippen LogP contribution < -0.4 is 0 Å². The largest absolute Gasteiger partial charge is 0.294 e. The number of hydrogen-bond donors (Lipinski definition) is 0. The predicted molar refractivity (Wildman–Crippen MR) is 74.9 cm³/mol. The Labute approximate surface area is 108 Å². The molecular formula is C15H20OS. The van der Waals surface area contributed by atoms with Crippen molar-refractivity contribution in [2.24, 2.45) is 5.92 Å². The van der Waals surface area contributed by atoms with Gasteiger partial charge in [0.15, 0.2) is 5.78 Å². The van der Waals surface area contributed by atoms with E-state index in [1.165, 1.54) is 5.56 Å². The Bertz CT molecular complexity index is 394. The van der Waals surface area contributed by atoms with Gasteiger partial charge >= 0.3 is 0 Å². The maximum atomic E-state index is 12.2. The van der Waals surface area contributed by atoms with Gasteiger partial charge in [-0.2, -0.15) is 11.8 Å². The van der Waals surface area contributed by atoms with Gasteiger partial charge in [-0.25, -0.2) is 0 Å². The lowest BCUT2D eigenvalue weighted by Crippen LogP contribution is -2.15. The van der Waals surface area contributed by atoms with Gasteiger partial charge in [0.1, 0.15) is 0 Å². The van der Waals surface area contributed by atoms with Gasteiger partial charge in [0, 0.05) is 17.2 Å². The maximum absolute atomic E-state index is 12.2. The topological polar surface area (TPSA) is 17.1 Å². The quantitative estimate of drug-likeness (QED) is 0.738. The van der Waals surface area contributed by atoms with E-state index in [0.29, 0.717) is 5.78 Å². The first-order valence-electron chi connectivity index (χ1n) is 6.21. The molecule has 1 aromatic carbocycles. The van der Waals surface area contributed by atoms with Crippen molar-refractivity contribution in [3.05, 3.63) is 35.4 Å². The fraction of sp³-hybridized carbons (Fsp3) is 0.533. The molecule has 0 saturated carbocycles. The van der Waals surface area contributed by atoms with E-state index in [2.05, 4.69) is 32.9 Å². The lowest BCUT2D eigenvalue weighted by molar-refractivity contribution is 0.0933. The van der Waals surface area contributed by atoms with Crippen LogP contribution in [0.5, 0.6) is 0 Å². The van der Waals surface area contributed by atoms with Crippen LogP contribution in [0.1, 0.15) is 43.1 Å². The highest BCUT2D eigenvalue weighted by atomic mass is 32.2. The third-order valence-corrected chi connectivity index (χ3v) is 4.50. The van der Waals surface area contributed by atoms with Crippen LogP contribution in [0.2, 0.25) is 0 Å². The number of carbonyl (C=O) groups excluding carboxylic acids is 1. The van der Waals surface area contributed by atoms with Crippen molar-refractivity contribution in [2.45, 2.75) is 32.6 Å². The van der Waals surface area contributed by atoms with Crippen molar-refractivity contribution in [1.29, 1.82) is 0 Å². The summed E-state index contributed by atoms with van der Waals surface area (Å²) in [4.78, 5) is 12.2. The molecule has 1 atom stereocenters. The van der Waals surface area contributed by atoms with E-state index in [1.807, 2.05) is 23.9 Å². The molecule has 1 heterocycles. The molecule has 1 nitrogen and oxygen atoms in total. The second kappa shape index (κ2) is 4.85. The summed E-state index contributed by atoms with van der Waals surface area (Å²) >= 11 is 1.89. The van der Waals surface area contributed by atoms with E-state index in [4.69, 9.17) is 0 Å². The molecular weight excluding hydrogens is 228 g/mol. The molecule has 0 amide bonds. The van der Waals surface area contributed by atoms with E-state index >= 15 is 0 Å². The molecule has 1 fully saturated rings. The molecule has 0 aromatic heterocycles. The number of Topliss-reactive ketones (excluding diaryl/α,β-unsaturated/α-hetero) is 1. The number of rotatable bonds is 2. The van der Waals surface area contributed by atoms with E-state index in [0.717, 1.165) is 23.5 Å². The number of benzene rings is 1.